The molecule has 1 aliphatic heterocycles. The zero-order chi connectivity index (χ0) is 12.3. The first kappa shape index (κ1) is 12.2. The summed E-state index contributed by atoms with van der Waals surface area (Å²) in [4.78, 5) is 0. The fraction of sp³-hybridized carbons (Fsp3) is 0.647. The fourth-order valence-electron chi connectivity index (χ4n) is 3.70. The lowest BCUT2D eigenvalue weighted by molar-refractivity contribution is 0.220. The molecular formula is C17H25N. The Hall–Kier alpha value is -0.820. The van der Waals surface area contributed by atoms with Crippen molar-refractivity contribution >= 4 is 0 Å². The van der Waals surface area contributed by atoms with Crippen molar-refractivity contribution in [3.63, 3.8) is 0 Å². The van der Waals surface area contributed by atoms with E-state index in [1.54, 1.807) is 5.56 Å². The number of hydrogen-bond donors (Lipinski definition) is 1. The highest BCUT2D eigenvalue weighted by Crippen LogP contribution is 2.37. The first-order chi connectivity index (χ1) is 8.89. The van der Waals surface area contributed by atoms with Gasteiger partial charge in [0.15, 0.2) is 0 Å². The Morgan fingerprint density at radius 2 is 1.72 bits per heavy atom. The minimum Gasteiger partial charge on any atom is -0.315 e. The van der Waals surface area contributed by atoms with Gasteiger partial charge in [0.05, 0.1) is 0 Å². The van der Waals surface area contributed by atoms with E-state index in [1.165, 1.54) is 58.0 Å². The highest BCUT2D eigenvalue weighted by atomic mass is 15.0. The summed E-state index contributed by atoms with van der Waals surface area (Å²) in [7, 11) is 0. The third-order valence-corrected chi connectivity index (χ3v) is 5.07. The second kappa shape index (κ2) is 5.44. The van der Waals surface area contributed by atoms with Gasteiger partial charge < -0.3 is 5.32 Å². The van der Waals surface area contributed by atoms with Gasteiger partial charge >= 0.3 is 0 Å². The highest BCUT2D eigenvalue weighted by molar-refractivity contribution is 5.29. The van der Waals surface area contributed by atoms with Crippen molar-refractivity contribution in [1.82, 2.24) is 5.32 Å². The smallest absolute Gasteiger partial charge is 0.0202 e. The van der Waals surface area contributed by atoms with E-state index >= 15 is 0 Å². The second-order valence-electron chi connectivity index (χ2n) is 6.29. The van der Waals surface area contributed by atoms with E-state index in [1.807, 2.05) is 0 Å². The molecular weight excluding hydrogens is 218 g/mol. The Morgan fingerprint density at radius 1 is 1.00 bits per heavy atom. The summed E-state index contributed by atoms with van der Waals surface area (Å²) >= 11 is 0. The van der Waals surface area contributed by atoms with Gasteiger partial charge in [0, 0.05) is 18.5 Å². The summed E-state index contributed by atoms with van der Waals surface area (Å²) in [6, 6.07) is 11.2. The molecule has 1 N–H and O–H groups in total. The first-order valence-corrected chi connectivity index (χ1v) is 7.65. The second-order valence-corrected chi connectivity index (χ2v) is 6.29. The van der Waals surface area contributed by atoms with Crippen LogP contribution in [0.2, 0.25) is 0 Å². The average Bonchev–Trinajstić information content (AvgIpc) is 2.40. The van der Waals surface area contributed by atoms with E-state index in [0.29, 0.717) is 5.41 Å². The van der Waals surface area contributed by atoms with Crippen LogP contribution in [0.25, 0.3) is 0 Å². The zero-order valence-electron chi connectivity index (χ0n) is 11.3. The van der Waals surface area contributed by atoms with Gasteiger partial charge in [-0.3, -0.25) is 0 Å². The summed E-state index contributed by atoms with van der Waals surface area (Å²) in [5.41, 5.74) is 2.01. The summed E-state index contributed by atoms with van der Waals surface area (Å²) < 4.78 is 0. The Kier molecular flexibility index (Phi) is 3.69. The standard InChI is InChI=1S/C17H25N/c1-3-7-15(8-4-1)11-12-17(13-18-14-17)16-9-5-2-6-10-16/h2,5-6,9-10,15,18H,1,3-4,7-8,11-14H2. The molecule has 0 bridgehead atoms. The van der Waals surface area contributed by atoms with Crippen molar-refractivity contribution in [3.05, 3.63) is 35.9 Å². The van der Waals surface area contributed by atoms with E-state index in [-0.39, 0.29) is 0 Å². The molecule has 1 aromatic rings. The van der Waals surface area contributed by atoms with Crippen LogP contribution >= 0.6 is 0 Å². The van der Waals surface area contributed by atoms with Crippen LogP contribution in [0.1, 0.15) is 50.5 Å². The maximum atomic E-state index is 3.49. The summed E-state index contributed by atoms with van der Waals surface area (Å²) in [6.45, 7) is 2.37. The molecule has 0 aromatic heterocycles. The molecule has 2 fully saturated rings. The Bertz CT molecular complexity index is 360. The average molecular weight is 243 g/mol. The van der Waals surface area contributed by atoms with Crippen LogP contribution < -0.4 is 5.32 Å². The van der Waals surface area contributed by atoms with E-state index in [2.05, 4.69) is 35.6 Å². The molecule has 98 valence electrons. The molecule has 1 aromatic carbocycles. The SMILES string of the molecule is c1ccc(C2(CCC3CCCCC3)CNC2)cc1. The lowest BCUT2D eigenvalue weighted by Crippen LogP contribution is -2.56. The summed E-state index contributed by atoms with van der Waals surface area (Å²) in [5, 5.41) is 3.49. The summed E-state index contributed by atoms with van der Waals surface area (Å²) in [5.74, 6) is 1.01. The van der Waals surface area contributed by atoms with Crippen molar-refractivity contribution in [2.75, 3.05) is 13.1 Å². The normalized spacial score (nSPS) is 23.6. The molecule has 0 amide bonds. The van der Waals surface area contributed by atoms with Crippen LogP contribution in [0.5, 0.6) is 0 Å². The monoisotopic (exact) mass is 243 g/mol. The van der Waals surface area contributed by atoms with Crippen molar-refractivity contribution in [1.29, 1.82) is 0 Å². The molecule has 1 heterocycles. The Balaban J connectivity index is 1.62. The van der Waals surface area contributed by atoms with Crippen molar-refractivity contribution in [2.45, 2.75) is 50.4 Å². The predicted molar refractivity (Wildman–Crippen MR) is 76.8 cm³/mol. The number of benzene rings is 1. The number of nitrogens with one attached hydrogen (secondary N) is 1. The van der Waals surface area contributed by atoms with Crippen molar-refractivity contribution < 1.29 is 0 Å². The quantitative estimate of drug-likeness (QED) is 0.846. The molecule has 0 unspecified atom stereocenters. The molecule has 2 aliphatic rings. The van der Waals surface area contributed by atoms with E-state index in [4.69, 9.17) is 0 Å². The minimum atomic E-state index is 0.457. The molecule has 1 nitrogen and oxygen atoms in total. The highest BCUT2D eigenvalue weighted by Gasteiger charge is 2.38. The van der Waals surface area contributed by atoms with Crippen molar-refractivity contribution in [2.24, 2.45) is 5.92 Å². The lowest BCUT2D eigenvalue weighted by Gasteiger charge is -2.44. The Morgan fingerprint density at radius 3 is 2.33 bits per heavy atom. The van der Waals surface area contributed by atoms with Gasteiger partial charge in [-0.2, -0.15) is 0 Å². The van der Waals surface area contributed by atoms with Crippen LogP contribution in [0, 0.1) is 5.92 Å². The van der Waals surface area contributed by atoms with Crippen molar-refractivity contribution in [3.8, 4) is 0 Å². The fourth-order valence-corrected chi connectivity index (χ4v) is 3.70. The topological polar surface area (TPSA) is 12.0 Å². The van der Waals surface area contributed by atoms with Crippen LogP contribution in [0.4, 0.5) is 0 Å². The molecule has 0 radical (unpaired) electrons. The van der Waals surface area contributed by atoms with E-state index in [0.717, 1.165) is 5.92 Å². The predicted octanol–water partition coefficient (Wildman–Crippen LogP) is 3.89. The van der Waals surface area contributed by atoms with Gasteiger partial charge in [-0.15, -0.1) is 0 Å². The molecule has 1 heteroatoms. The molecule has 0 spiro atoms. The molecule has 0 atom stereocenters. The molecule has 18 heavy (non-hydrogen) atoms. The third kappa shape index (κ3) is 2.47. The van der Waals surface area contributed by atoms with Gasteiger partial charge in [0.2, 0.25) is 0 Å². The molecule has 3 rings (SSSR count). The summed E-state index contributed by atoms with van der Waals surface area (Å²) in [6.07, 6.45) is 10.2. The number of rotatable bonds is 4. The number of hydrogen-bond acceptors (Lipinski definition) is 1. The first-order valence-electron chi connectivity index (χ1n) is 7.65. The maximum absolute atomic E-state index is 3.49. The van der Waals surface area contributed by atoms with Gasteiger partial charge in [0.25, 0.3) is 0 Å². The van der Waals surface area contributed by atoms with Crippen LogP contribution in [0.15, 0.2) is 30.3 Å². The van der Waals surface area contributed by atoms with Gasteiger partial charge in [-0.05, 0) is 24.3 Å². The molecule has 1 saturated heterocycles. The zero-order valence-corrected chi connectivity index (χ0v) is 11.3. The van der Waals surface area contributed by atoms with Gasteiger partial charge in [-0.1, -0.05) is 62.4 Å². The minimum absolute atomic E-state index is 0.457. The van der Waals surface area contributed by atoms with Crippen LogP contribution in [-0.2, 0) is 5.41 Å². The lowest BCUT2D eigenvalue weighted by atomic mass is 9.70. The largest absolute Gasteiger partial charge is 0.315 e. The molecule has 1 saturated carbocycles. The van der Waals surface area contributed by atoms with Gasteiger partial charge in [0.1, 0.15) is 0 Å². The Labute approximate surface area is 111 Å². The van der Waals surface area contributed by atoms with Crippen LogP contribution in [0.3, 0.4) is 0 Å². The maximum Gasteiger partial charge on any atom is 0.0202 e. The third-order valence-electron chi connectivity index (χ3n) is 5.07. The molecule has 1 aliphatic carbocycles. The van der Waals surface area contributed by atoms with Crippen LogP contribution in [-0.4, -0.2) is 13.1 Å². The van der Waals surface area contributed by atoms with E-state index in [9.17, 15) is 0 Å². The van der Waals surface area contributed by atoms with E-state index < -0.39 is 0 Å². The van der Waals surface area contributed by atoms with Gasteiger partial charge in [-0.25, -0.2) is 0 Å².